The summed E-state index contributed by atoms with van der Waals surface area (Å²) in [4.78, 5) is 9.37. The number of anilines is 1. The van der Waals surface area contributed by atoms with Crippen molar-refractivity contribution in [3.63, 3.8) is 0 Å². The lowest BCUT2D eigenvalue weighted by Crippen LogP contribution is -1.97. The van der Waals surface area contributed by atoms with E-state index in [9.17, 15) is 0 Å². The van der Waals surface area contributed by atoms with E-state index in [1.54, 1.807) is 0 Å². The summed E-state index contributed by atoms with van der Waals surface area (Å²) in [5.74, 6) is 0.997. The first-order valence-corrected chi connectivity index (χ1v) is 10.4. The van der Waals surface area contributed by atoms with Gasteiger partial charge in [-0.15, -0.1) is 5.10 Å². The highest BCUT2D eigenvalue weighted by Gasteiger charge is 2.18. The molecular formula is C27H19N5. The molecule has 6 rings (SSSR count). The van der Waals surface area contributed by atoms with Crippen molar-refractivity contribution in [1.82, 2.24) is 19.6 Å². The Labute approximate surface area is 184 Å². The van der Waals surface area contributed by atoms with Gasteiger partial charge in [-0.3, -0.25) is 0 Å². The van der Waals surface area contributed by atoms with Crippen LogP contribution in [0.15, 0.2) is 103 Å². The van der Waals surface area contributed by atoms with Gasteiger partial charge < -0.3 is 5.73 Å². The summed E-state index contributed by atoms with van der Waals surface area (Å²) in [6, 6.07) is 34.6. The molecule has 0 atom stereocenters. The van der Waals surface area contributed by atoms with Crippen LogP contribution >= 0.6 is 0 Å². The van der Waals surface area contributed by atoms with Crippen LogP contribution in [0.25, 0.3) is 50.3 Å². The summed E-state index contributed by atoms with van der Waals surface area (Å²) in [5.41, 5.74) is 13.1. The Morgan fingerprint density at radius 2 is 1.19 bits per heavy atom. The molecule has 3 aromatic heterocycles. The van der Waals surface area contributed by atoms with Crippen molar-refractivity contribution in [2.24, 2.45) is 0 Å². The van der Waals surface area contributed by atoms with E-state index in [0.717, 1.165) is 38.9 Å². The number of nitrogens with two attached hydrogens (primary N) is 1. The van der Waals surface area contributed by atoms with Gasteiger partial charge in [0.15, 0.2) is 11.5 Å². The zero-order valence-electron chi connectivity index (χ0n) is 17.2. The molecule has 5 nitrogen and oxygen atoms in total. The quantitative estimate of drug-likeness (QED) is 0.394. The fraction of sp³-hybridized carbons (Fsp3) is 0. The van der Waals surface area contributed by atoms with Crippen LogP contribution in [-0.4, -0.2) is 19.6 Å². The van der Waals surface area contributed by atoms with Crippen LogP contribution in [0.1, 0.15) is 0 Å². The lowest BCUT2D eigenvalue weighted by Gasteiger charge is -2.10. The monoisotopic (exact) mass is 413 g/mol. The minimum atomic E-state index is 0.424. The van der Waals surface area contributed by atoms with Crippen LogP contribution in [0.3, 0.4) is 0 Å². The third kappa shape index (κ3) is 2.99. The lowest BCUT2D eigenvalue weighted by atomic mass is 10.0. The highest BCUT2D eigenvalue weighted by atomic mass is 15.3. The van der Waals surface area contributed by atoms with E-state index in [1.165, 1.54) is 0 Å². The van der Waals surface area contributed by atoms with E-state index in [2.05, 4.69) is 41.4 Å². The number of nitrogen functional groups attached to an aromatic ring is 1. The van der Waals surface area contributed by atoms with Crippen LogP contribution in [0.5, 0.6) is 0 Å². The van der Waals surface area contributed by atoms with Crippen molar-refractivity contribution in [2.75, 3.05) is 5.73 Å². The van der Waals surface area contributed by atoms with Gasteiger partial charge in [-0.05, 0) is 23.3 Å². The molecule has 0 spiro atoms. The van der Waals surface area contributed by atoms with Crippen molar-refractivity contribution in [3.8, 4) is 33.8 Å². The van der Waals surface area contributed by atoms with Gasteiger partial charge in [0, 0.05) is 11.1 Å². The lowest BCUT2D eigenvalue weighted by molar-refractivity contribution is 0.978. The molecule has 0 bridgehead atoms. The second kappa shape index (κ2) is 7.32. The predicted molar refractivity (Wildman–Crippen MR) is 129 cm³/mol. The maximum absolute atomic E-state index is 6.48. The molecule has 0 amide bonds. The average Bonchev–Trinajstić information content (AvgIpc) is 3.24. The van der Waals surface area contributed by atoms with Crippen LogP contribution in [0.2, 0.25) is 0 Å². The number of rotatable bonds is 3. The fourth-order valence-corrected chi connectivity index (χ4v) is 4.08. The van der Waals surface area contributed by atoms with Crippen LogP contribution < -0.4 is 5.73 Å². The number of pyridine rings is 1. The van der Waals surface area contributed by atoms with Crippen molar-refractivity contribution >= 4 is 22.4 Å². The van der Waals surface area contributed by atoms with E-state index in [4.69, 9.17) is 15.8 Å². The van der Waals surface area contributed by atoms with Gasteiger partial charge in [0.1, 0.15) is 5.82 Å². The zero-order valence-corrected chi connectivity index (χ0v) is 17.2. The Bertz CT molecular complexity index is 1560. The van der Waals surface area contributed by atoms with Crippen molar-refractivity contribution in [2.45, 2.75) is 0 Å². The molecule has 0 aliphatic heterocycles. The molecule has 0 aliphatic carbocycles. The predicted octanol–water partition coefficient (Wildman–Crippen LogP) is 5.86. The molecule has 6 aromatic rings. The summed E-state index contributed by atoms with van der Waals surface area (Å²) >= 11 is 0. The third-order valence-electron chi connectivity index (χ3n) is 5.62. The summed E-state index contributed by atoms with van der Waals surface area (Å²) < 4.78 is 1.92. The highest BCUT2D eigenvalue weighted by molar-refractivity contribution is 6.02. The number of nitrogens with zero attached hydrogens (tertiary/aromatic N) is 4. The molecule has 152 valence electrons. The van der Waals surface area contributed by atoms with E-state index in [1.807, 2.05) is 71.2 Å². The van der Waals surface area contributed by atoms with E-state index in [0.29, 0.717) is 17.3 Å². The molecular weight excluding hydrogens is 394 g/mol. The Kier molecular flexibility index (Phi) is 4.18. The standard InChI is InChI=1S/C27H19N5/c28-25-24-23-17-21(18-10-4-1-5-11-18)16-22(19-12-6-2-7-13-19)32(23)31-27(24)30-26(29-25)20-14-8-3-9-15-20/h1-17H,(H2,28,29,30,31). The Balaban J connectivity index is 1.68. The Hall–Kier alpha value is -4.51. The van der Waals surface area contributed by atoms with E-state index >= 15 is 0 Å². The molecule has 0 radical (unpaired) electrons. The minimum Gasteiger partial charge on any atom is -0.383 e. The average molecular weight is 413 g/mol. The highest BCUT2D eigenvalue weighted by Crippen LogP contribution is 2.33. The Morgan fingerprint density at radius 1 is 0.594 bits per heavy atom. The smallest absolute Gasteiger partial charge is 0.188 e. The first kappa shape index (κ1) is 18.3. The summed E-state index contributed by atoms with van der Waals surface area (Å²) in [5, 5.41) is 5.62. The van der Waals surface area contributed by atoms with Gasteiger partial charge in [0.2, 0.25) is 0 Å². The molecule has 2 N–H and O–H groups in total. The van der Waals surface area contributed by atoms with Crippen molar-refractivity contribution in [1.29, 1.82) is 0 Å². The van der Waals surface area contributed by atoms with Gasteiger partial charge >= 0.3 is 0 Å². The number of hydrogen-bond acceptors (Lipinski definition) is 4. The SMILES string of the molecule is Nc1nc(-c2ccccc2)nc2nn3c(-c4ccccc4)cc(-c4ccccc4)cc3c12. The maximum Gasteiger partial charge on any atom is 0.188 e. The van der Waals surface area contributed by atoms with Crippen LogP contribution in [-0.2, 0) is 0 Å². The molecule has 3 heterocycles. The van der Waals surface area contributed by atoms with Gasteiger partial charge in [-0.25, -0.2) is 14.5 Å². The molecule has 0 unspecified atom stereocenters. The summed E-state index contributed by atoms with van der Waals surface area (Å²) in [6.45, 7) is 0. The van der Waals surface area contributed by atoms with Gasteiger partial charge in [0.25, 0.3) is 0 Å². The Morgan fingerprint density at radius 3 is 1.84 bits per heavy atom. The van der Waals surface area contributed by atoms with Gasteiger partial charge in [0.05, 0.1) is 16.6 Å². The van der Waals surface area contributed by atoms with Gasteiger partial charge in [-0.1, -0.05) is 91.0 Å². The van der Waals surface area contributed by atoms with Crippen LogP contribution in [0, 0.1) is 0 Å². The second-order valence-corrected chi connectivity index (χ2v) is 7.66. The largest absolute Gasteiger partial charge is 0.383 e. The van der Waals surface area contributed by atoms with Crippen molar-refractivity contribution < 1.29 is 0 Å². The molecule has 3 aromatic carbocycles. The van der Waals surface area contributed by atoms with Gasteiger partial charge in [-0.2, -0.15) is 0 Å². The topological polar surface area (TPSA) is 69.1 Å². The summed E-state index contributed by atoms with van der Waals surface area (Å²) in [7, 11) is 0. The summed E-state index contributed by atoms with van der Waals surface area (Å²) in [6.07, 6.45) is 0. The normalized spacial score (nSPS) is 11.2. The maximum atomic E-state index is 6.48. The first-order valence-electron chi connectivity index (χ1n) is 10.4. The number of fused-ring (bicyclic) bond motifs is 3. The number of hydrogen-bond donors (Lipinski definition) is 1. The molecule has 0 aliphatic rings. The molecule has 5 heteroatoms. The zero-order chi connectivity index (χ0) is 21.5. The minimum absolute atomic E-state index is 0.424. The van der Waals surface area contributed by atoms with Crippen molar-refractivity contribution in [3.05, 3.63) is 103 Å². The fourth-order valence-electron chi connectivity index (χ4n) is 4.08. The molecule has 32 heavy (non-hydrogen) atoms. The first-order chi connectivity index (χ1) is 15.8. The second-order valence-electron chi connectivity index (χ2n) is 7.66. The van der Waals surface area contributed by atoms with E-state index < -0.39 is 0 Å². The number of aromatic nitrogens is 4. The molecule has 0 fully saturated rings. The molecule has 0 saturated heterocycles. The van der Waals surface area contributed by atoms with E-state index in [-0.39, 0.29) is 0 Å². The molecule has 0 saturated carbocycles. The number of benzene rings is 3. The van der Waals surface area contributed by atoms with Crippen LogP contribution in [0.4, 0.5) is 5.82 Å². The third-order valence-corrected chi connectivity index (χ3v) is 5.62.